The number of nitrogens with zero attached hydrogens (tertiary/aromatic N) is 3. The molecule has 7 nitrogen and oxygen atoms in total. The average molecular weight is 518 g/mol. The van der Waals surface area contributed by atoms with Crippen LogP contribution in [0.5, 0.6) is 0 Å². The van der Waals surface area contributed by atoms with Gasteiger partial charge in [-0.1, -0.05) is 61.7 Å². The van der Waals surface area contributed by atoms with Crippen molar-refractivity contribution in [1.29, 1.82) is 0 Å². The molecule has 7 heteroatoms. The largest absolute Gasteiger partial charge is 0.478 e. The Bertz CT molecular complexity index is 1120. The van der Waals surface area contributed by atoms with Crippen LogP contribution in [0, 0.1) is 0 Å². The van der Waals surface area contributed by atoms with Crippen LogP contribution in [-0.4, -0.2) is 75.3 Å². The summed E-state index contributed by atoms with van der Waals surface area (Å²) in [5.74, 6) is -0.516. The van der Waals surface area contributed by atoms with Crippen LogP contribution in [0.25, 0.3) is 0 Å². The quantitative estimate of drug-likeness (QED) is 0.481. The molecule has 2 aromatic carbocycles. The van der Waals surface area contributed by atoms with E-state index >= 15 is 0 Å². The van der Waals surface area contributed by atoms with E-state index in [0.29, 0.717) is 25.7 Å². The van der Waals surface area contributed by atoms with Gasteiger partial charge >= 0.3 is 5.97 Å². The SMILES string of the molecule is O=C(O)c1ccc(CN2CN(C3CCCCC3)C3(CCN(CCCC(=O)c4ccccc4)CC3)C2=O)cc1. The lowest BCUT2D eigenvalue weighted by molar-refractivity contribution is -0.137. The predicted molar refractivity (Wildman–Crippen MR) is 146 cm³/mol. The Labute approximate surface area is 225 Å². The number of ketones is 1. The number of aromatic carboxylic acids is 1. The molecule has 3 fully saturated rings. The number of piperidine rings is 1. The van der Waals surface area contributed by atoms with Gasteiger partial charge < -0.3 is 14.9 Å². The van der Waals surface area contributed by atoms with Crippen LogP contribution < -0.4 is 0 Å². The van der Waals surface area contributed by atoms with Crippen molar-refractivity contribution in [2.75, 3.05) is 26.3 Å². The van der Waals surface area contributed by atoms with Crippen molar-refractivity contribution >= 4 is 17.7 Å². The second-order valence-corrected chi connectivity index (χ2v) is 11.2. The highest BCUT2D eigenvalue weighted by molar-refractivity contribution is 5.96. The lowest BCUT2D eigenvalue weighted by atomic mass is 9.82. The Balaban J connectivity index is 1.22. The number of likely N-dealkylation sites (tertiary alicyclic amines) is 1. The highest BCUT2D eigenvalue weighted by Gasteiger charge is 2.55. The van der Waals surface area contributed by atoms with Crippen molar-refractivity contribution in [2.24, 2.45) is 0 Å². The molecular formula is C31H39N3O4. The van der Waals surface area contributed by atoms with Gasteiger partial charge in [-0.3, -0.25) is 14.5 Å². The van der Waals surface area contributed by atoms with Crippen LogP contribution >= 0.6 is 0 Å². The first-order valence-corrected chi connectivity index (χ1v) is 14.2. The molecule has 0 aromatic heterocycles. The Morgan fingerprint density at radius 2 is 1.58 bits per heavy atom. The summed E-state index contributed by atoms with van der Waals surface area (Å²) in [5.41, 5.74) is 1.56. The van der Waals surface area contributed by atoms with Crippen LogP contribution in [-0.2, 0) is 11.3 Å². The molecule has 1 N–H and O–H groups in total. The minimum absolute atomic E-state index is 0.195. The topological polar surface area (TPSA) is 81.2 Å². The van der Waals surface area contributed by atoms with Gasteiger partial charge in [-0.05, 0) is 56.3 Å². The van der Waals surface area contributed by atoms with Crippen molar-refractivity contribution in [3.8, 4) is 0 Å². The zero-order valence-electron chi connectivity index (χ0n) is 22.2. The molecule has 2 aliphatic heterocycles. The molecule has 2 aromatic rings. The zero-order valence-corrected chi connectivity index (χ0v) is 22.2. The summed E-state index contributed by atoms with van der Waals surface area (Å²) in [6.07, 6.45) is 9.07. The number of hydrogen-bond acceptors (Lipinski definition) is 5. The maximum Gasteiger partial charge on any atom is 0.335 e. The van der Waals surface area contributed by atoms with E-state index in [1.165, 1.54) is 19.3 Å². The number of carbonyl (C=O) groups is 3. The third kappa shape index (κ3) is 5.69. The summed E-state index contributed by atoms with van der Waals surface area (Å²) in [4.78, 5) is 44.7. The van der Waals surface area contributed by atoms with Crippen LogP contribution in [0.2, 0.25) is 0 Å². The van der Waals surface area contributed by atoms with E-state index in [-0.39, 0.29) is 17.3 Å². The monoisotopic (exact) mass is 517 g/mol. The standard InChI is InChI=1S/C31H39N3O4/c35-28(25-8-3-1-4-9-25)12-7-19-32-20-17-31(18-21-32)30(38)33(23-34(31)27-10-5-2-6-11-27)22-24-13-15-26(16-14-24)29(36)37/h1,3-4,8-9,13-16,27H,2,5-7,10-12,17-23H2,(H,36,37). The highest BCUT2D eigenvalue weighted by atomic mass is 16.4. The molecule has 2 heterocycles. The molecule has 0 radical (unpaired) electrons. The van der Waals surface area contributed by atoms with E-state index in [9.17, 15) is 19.5 Å². The molecule has 0 bridgehead atoms. The molecule has 1 amide bonds. The fourth-order valence-corrected chi connectivity index (χ4v) is 6.63. The molecule has 5 rings (SSSR count). The molecule has 1 spiro atoms. The van der Waals surface area contributed by atoms with Gasteiger partial charge in [-0.2, -0.15) is 0 Å². The zero-order chi connectivity index (χ0) is 26.5. The average Bonchev–Trinajstić information content (AvgIpc) is 3.21. The number of rotatable bonds is 9. The van der Waals surface area contributed by atoms with E-state index < -0.39 is 11.5 Å². The summed E-state index contributed by atoms with van der Waals surface area (Å²) < 4.78 is 0. The van der Waals surface area contributed by atoms with Crippen molar-refractivity contribution in [3.05, 3.63) is 71.3 Å². The number of hydrogen-bond donors (Lipinski definition) is 1. The van der Waals surface area contributed by atoms with Crippen molar-refractivity contribution in [3.63, 3.8) is 0 Å². The third-order valence-corrected chi connectivity index (χ3v) is 8.81. The highest BCUT2D eigenvalue weighted by Crippen LogP contribution is 2.41. The Hall–Kier alpha value is -3.03. The molecule has 3 aliphatic rings. The summed E-state index contributed by atoms with van der Waals surface area (Å²) in [6.45, 7) is 3.78. The van der Waals surface area contributed by atoms with Gasteiger partial charge in [-0.15, -0.1) is 0 Å². The minimum Gasteiger partial charge on any atom is -0.478 e. The van der Waals surface area contributed by atoms with E-state index in [4.69, 9.17) is 0 Å². The molecule has 0 unspecified atom stereocenters. The fourth-order valence-electron chi connectivity index (χ4n) is 6.63. The summed E-state index contributed by atoms with van der Waals surface area (Å²) in [6, 6.07) is 16.8. The molecule has 38 heavy (non-hydrogen) atoms. The Morgan fingerprint density at radius 1 is 0.895 bits per heavy atom. The first kappa shape index (κ1) is 26.6. The fraction of sp³-hybridized carbons (Fsp3) is 0.516. The number of carboxylic acid groups (broad SMARTS) is 1. The predicted octanol–water partition coefficient (Wildman–Crippen LogP) is 4.82. The molecular weight excluding hydrogens is 478 g/mol. The van der Waals surface area contributed by atoms with Gasteiger partial charge in [0, 0.05) is 37.7 Å². The van der Waals surface area contributed by atoms with Gasteiger partial charge in [-0.25, -0.2) is 4.79 Å². The number of carbonyl (C=O) groups excluding carboxylic acids is 2. The van der Waals surface area contributed by atoms with E-state index in [2.05, 4.69) is 9.80 Å². The van der Waals surface area contributed by atoms with E-state index in [0.717, 1.165) is 62.9 Å². The first-order chi connectivity index (χ1) is 18.5. The van der Waals surface area contributed by atoms with Crippen LogP contribution in [0.4, 0.5) is 0 Å². The van der Waals surface area contributed by atoms with Crippen LogP contribution in [0.1, 0.15) is 84.1 Å². The summed E-state index contributed by atoms with van der Waals surface area (Å²) >= 11 is 0. The van der Waals surface area contributed by atoms with Crippen LogP contribution in [0.3, 0.4) is 0 Å². The van der Waals surface area contributed by atoms with Gasteiger partial charge in [0.25, 0.3) is 0 Å². The second-order valence-electron chi connectivity index (χ2n) is 11.2. The summed E-state index contributed by atoms with van der Waals surface area (Å²) in [5, 5.41) is 9.21. The lowest BCUT2D eigenvalue weighted by Gasteiger charge is -2.46. The van der Waals surface area contributed by atoms with Gasteiger partial charge in [0.2, 0.25) is 5.91 Å². The molecule has 0 atom stereocenters. The Morgan fingerprint density at radius 3 is 2.24 bits per heavy atom. The van der Waals surface area contributed by atoms with E-state index in [1.807, 2.05) is 47.4 Å². The first-order valence-electron chi connectivity index (χ1n) is 14.2. The number of benzene rings is 2. The molecule has 202 valence electrons. The number of Topliss-reactive ketones (excluding diaryl/α,β-unsaturated/α-hetero) is 1. The van der Waals surface area contributed by atoms with Gasteiger partial charge in [0.1, 0.15) is 5.54 Å². The molecule has 1 saturated carbocycles. The number of carboxylic acids is 1. The van der Waals surface area contributed by atoms with Crippen molar-refractivity contribution in [2.45, 2.75) is 75.9 Å². The second kappa shape index (κ2) is 11.8. The Kier molecular flexibility index (Phi) is 8.24. The smallest absolute Gasteiger partial charge is 0.335 e. The maximum atomic E-state index is 14.0. The molecule has 1 aliphatic carbocycles. The lowest BCUT2D eigenvalue weighted by Crippen LogP contribution is -2.59. The minimum atomic E-state index is -0.938. The number of amides is 1. The van der Waals surface area contributed by atoms with Crippen molar-refractivity contribution < 1.29 is 19.5 Å². The van der Waals surface area contributed by atoms with Gasteiger partial charge in [0.05, 0.1) is 12.2 Å². The van der Waals surface area contributed by atoms with E-state index in [1.54, 1.807) is 12.1 Å². The maximum absolute atomic E-state index is 14.0. The van der Waals surface area contributed by atoms with Crippen molar-refractivity contribution in [1.82, 2.24) is 14.7 Å². The third-order valence-electron chi connectivity index (χ3n) is 8.81. The molecule has 2 saturated heterocycles. The normalized spacial score (nSPS) is 20.7. The van der Waals surface area contributed by atoms with Crippen LogP contribution in [0.15, 0.2) is 54.6 Å². The summed E-state index contributed by atoms with van der Waals surface area (Å²) in [7, 11) is 0. The van der Waals surface area contributed by atoms with Gasteiger partial charge in [0.15, 0.2) is 5.78 Å².